The number of carbonyl (C=O) groups excluding carboxylic acids is 1. The van der Waals surface area contributed by atoms with Gasteiger partial charge >= 0.3 is 0 Å². The van der Waals surface area contributed by atoms with Crippen molar-refractivity contribution in [1.82, 2.24) is 4.90 Å². The molecule has 0 spiro atoms. The molecule has 0 aromatic heterocycles. The van der Waals surface area contributed by atoms with Gasteiger partial charge in [-0.15, -0.1) is 0 Å². The van der Waals surface area contributed by atoms with Crippen LogP contribution in [-0.2, 0) is 11.2 Å². The van der Waals surface area contributed by atoms with Gasteiger partial charge in [0.05, 0.1) is 0 Å². The number of hydrogen-bond acceptors (Lipinski definition) is 3. The van der Waals surface area contributed by atoms with Crippen LogP contribution < -0.4 is 0 Å². The molecule has 0 aliphatic carbocycles. The van der Waals surface area contributed by atoms with Gasteiger partial charge in [0.2, 0.25) is 11.9 Å². The number of carbonyl (C=O) groups is 1. The van der Waals surface area contributed by atoms with Crippen LogP contribution >= 0.6 is 0 Å². The second kappa shape index (κ2) is 6.74. The summed E-state index contributed by atoms with van der Waals surface area (Å²) in [7, 11) is 3.31. The molecule has 0 bridgehead atoms. The van der Waals surface area contributed by atoms with E-state index in [1.165, 1.54) is 4.90 Å². The van der Waals surface area contributed by atoms with Gasteiger partial charge in [-0.3, -0.25) is 14.9 Å². The molecular weight excluding hydrogens is 232 g/mol. The van der Waals surface area contributed by atoms with Crippen LogP contribution in [0.15, 0.2) is 30.3 Å². The Morgan fingerprint density at radius 3 is 2.44 bits per heavy atom. The quantitative estimate of drug-likeness (QED) is 0.570. The van der Waals surface area contributed by atoms with E-state index < -0.39 is 6.04 Å². The minimum absolute atomic E-state index is 0.0742. The highest BCUT2D eigenvalue weighted by Crippen LogP contribution is 2.11. The molecule has 1 aromatic rings. The van der Waals surface area contributed by atoms with Crippen molar-refractivity contribution in [2.45, 2.75) is 25.3 Å². The van der Waals surface area contributed by atoms with Crippen LogP contribution in [0.1, 0.15) is 18.4 Å². The summed E-state index contributed by atoms with van der Waals surface area (Å²) < 4.78 is 0. The zero-order valence-corrected chi connectivity index (χ0v) is 10.7. The number of nitro groups is 1. The second-order valence-corrected chi connectivity index (χ2v) is 4.46. The van der Waals surface area contributed by atoms with Gasteiger partial charge in [0.1, 0.15) is 0 Å². The average Bonchev–Trinajstić information content (AvgIpc) is 2.34. The summed E-state index contributed by atoms with van der Waals surface area (Å²) in [6.07, 6.45) is 0.860. The van der Waals surface area contributed by atoms with Crippen molar-refractivity contribution in [3.8, 4) is 0 Å². The Bertz CT molecular complexity index is 404. The smallest absolute Gasteiger partial charge is 0.222 e. The fraction of sp³-hybridized carbons (Fsp3) is 0.462. The first-order chi connectivity index (χ1) is 8.50. The maximum Gasteiger partial charge on any atom is 0.222 e. The van der Waals surface area contributed by atoms with Gasteiger partial charge < -0.3 is 4.90 Å². The van der Waals surface area contributed by atoms with Crippen LogP contribution in [0, 0.1) is 10.1 Å². The second-order valence-electron chi connectivity index (χ2n) is 4.46. The molecule has 1 rings (SSSR count). The van der Waals surface area contributed by atoms with Crippen molar-refractivity contribution >= 4 is 5.91 Å². The first-order valence-corrected chi connectivity index (χ1v) is 5.88. The normalized spacial score (nSPS) is 11.9. The summed E-state index contributed by atoms with van der Waals surface area (Å²) in [5, 5.41) is 11.0. The lowest BCUT2D eigenvalue weighted by Gasteiger charge is -2.12. The highest BCUT2D eigenvalue weighted by atomic mass is 16.6. The minimum Gasteiger partial charge on any atom is -0.349 e. The van der Waals surface area contributed by atoms with Crippen LogP contribution in [0.3, 0.4) is 0 Å². The number of nitrogens with zero attached hydrogens (tertiary/aromatic N) is 2. The third-order valence-corrected chi connectivity index (χ3v) is 2.80. The molecule has 5 nitrogen and oxygen atoms in total. The van der Waals surface area contributed by atoms with E-state index in [1.807, 2.05) is 30.3 Å². The van der Waals surface area contributed by atoms with Gasteiger partial charge in [0, 0.05) is 38.3 Å². The van der Waals surface area contributed by atoms with Crippen LogP contribution in [0.4, 0.5) is 0 Å². The van der Waals surface area contributed by atoms with E-state index in [1.54, 1.807) is 14.1 Å². The van der Waals surface area contributed by atoms with E-state index >= 15 is 0 Å². The Morgan fingerprint density at radius 1 is 1.33 bits per heavy atom. The lowest BCUT2D eigenvalue weighted by molar-refractivity contribution is -0.522. The van der Waals surface area contributed by atoms with Gasteiger partial charge in [-0.05, 0) is 5.56 Å². The highest BCUT2D eigenvalue weighted by molar-refractivity contribution is 5.75. The fourth-order valence-corrected chi connectivity index (χ4v) is 1.68. The Kier molecular flexibility index (Phi) is 5.30. The van der Waals surface area contributed by atoms with E-state index in [-0.39, 0.29) is 23.7 Å². The zero-order valence-electron chi connectivity index (χ0n) is 10.7. The van der Waals surface area contributed by atoms with Crippen molar-refractivity contribution in [3.05, 3.63) is 46.0 Å². The molecule has 1 unspecified atom stereocenters. The van der Waals surface area contributed by atoms with Crippen LogP contribution in [-0.4, -0.2) is 35.9 Å². The average molecular weight is 250 g/mol. The Labute approximate surface area is 107 Å². The third-order valence-electron chi connectivity index (χ3n) is 2.80. The molecule has 0 aliphatic rings. The van der Waals surface area contributed by atoms with Gasteiger partial charge in [-0.2, -0.15) is 0 Å². The highest BCUT2D eigenvalue weighted by Gasteiger charge is 2.22. The van der Waals surface area contributed by atoms with Gasteiger partial charge in [-0.25, -0.2) is 0 Å². The lowest BCUT2D eigenvalue weighted by Crippen LogP contribution is -2.27. The van der Waals surface area contributed by atoms with E-state index in [0.29, 0.717) is 6.42 Å². The SMILES string of the molecule is CN(C)C(=O)CCC(Cc1ccccc1)[N+](=O)[O-]. The van der Waals surface area contributed by atoms with E-state index in [4.69, 9.17) is 0 Å². The summed E-state index contributed by atoms with van der Waals surface area (Å²) in [6, 6.07) is 8.62. The van der Waals surface area contributed by atoms with Crippen LogP contribution in [0.25, 0.3) is 0 Å². The Balaban J connectivity index is 2.56. The first kappa shape index (κ1) is 14.2. The molecule has 0 saturated carbocycles. The summed E-state index contributed by atoms with van der Waals surface area (Å²) >= 11 is 0. The molecule has 0 heterocycles. The molecule has 0 saturated heterocycles. The van der Waals surface area contributed by atoms with Crippen molar-refractivity contribution in [3.63, 3.8) is 0 Å². The molecule has 0 N–H and O–H groups in total. The maximum atomic E-state index is 11.4. The molecule has 1 amide bonds. The maximum absolute atomic E-state index is 11.4. The summed E-state index contributed by atoms with van der Waals surface area (Å²) in [6.45, 7) is 0. The molecule has 98 valence electrons. The monoisotopic (exact) mass is 250 g/mol. The first-order valence-electron chi connectivity index (χ1n) is 5.88. The zero-order chi connectivity index (χ0) is 13.5. The molecule has 18 heavy (non-hydrogen) atoms. The molecule has 0 radical (unpaired) electrons. The van der Waals surface area contributed by atoms with Gasteiger partial charge in [0.25, 0.3) is 0 Å². The Hall–Kier alpha value is -1.91. The van der Waals surface area contributed by atoms with Crippen molar-refractivity contribution in [2.24, 2.45) is 0 Å². The number of hydrogen-bond donors (Lipinski definition) is 0. The van der Waals surface area contributed by atoms with Crippen molar-refractivity contribution in [2.75, 3.05) is 14.1 Å². The molecule has 0 fully saturated rings. The Morgan fingerprint density at radius 2 is 1.94 bits per heavy atom. The molecule has 1 aromatic carbocycles. The van der Waals surface area contributed by atoms with E-state index in [2.05, 4.69) is 0 Å². The molecule has 0 aliphatic heterocycles. The fourth-order valence-electron chi connectivity index (χ4n) is 1.68. The third kappa shape index (κ3) is 4.53. The predicted octanol–water partition coefficient (Wildman–Crippen LogP) is 1.74. The van der Waals surface area contributed by atoms with Crippen LogP contribution in [0.2, 0.25) is 0 Å². The number of amides is 1. The summed E-state index contributed by atoms with van der Waals surface area (Å²) in [5.74, 6) is -0.0742. The van der Waals surface area contributed by atoms with Crippen molar-refractivity contribution < 1.29 is 9.72 Å². The predicted molar refractivity (Wildman–Crippen MR) is 68.9 cm³/mol. The molecule has 1 atom stereocenters. The summed E-state index contributed by atoms with van der Waals surface area (Å²) in [4.78, 5) is 23.6. The lowest BCUT2D eigenvalue weighted by atomic mass is 10.0. The van der Waals surface area contributed by atoms with Crippen molar-refractivity contribution in [1.29, 1.82) is 0 Å². The largest absolute Gasteiger partial charge is 0.349 e. The van der Waals surface area contributed by atoms with Crippen LogP contribution in [0.5, 0.6) is 0 Å². The van der Waals surface area contributed by atoms with E-state index in [0.717, 1.165) is 5.56 Å². The number of rotatable bonds is 6. The molecule has 5 heteroatoms. The minimum atomic E-state index is -0.698. The topological polar surface area (TPSA) is 63.5 Å². The number of benzene rings is 1. The van der Waals surface area contributed by atoms with Gasteiger partial charge in [0.15, 0.2) is 0 Å². The summed E-state index contributed by atoms with van der Waals surface area (Å²) in [5.41, 5.74) is 0.927. The van der Waals surface area contributed by atoms with E-state index in [9.17, 15) is 14.9 Å². The molecular formula is C13H18N2O3. The van der Waals surface area contributed by atoms with Gasteiger partial charge in [-0.1, -0.05) is 30.3 Å². The standard InChI is InChI=1S/C13H18N2O3/c1-14(2)13(16)9-8-12(15(17)18)10-11-6-4-3-5-7-11/h3-7,12H,8-10H2,1-2H3.